The van der Waals surface area contributed by atoms with Crippen LogP contribution in [0, 0.1) is 25.7 Å². The van der Waals surface area contributed by atoms with E-state index in [2.05, 4.69) is 13.8 Å². The van der Waals surface area contributed by atoms with Gasteiger partial charge in [-0.3, -0.25) is 0 Å². The lowest BCUT2D eigenvalue weighted by atomic mass is 9.94. The minimum Gasteiger partial charge on any atom is -0.492 e. The molecular weight excluding hydrogens is 298 g/mol. The summed E-state index contributed by atoms with van der Waals surface area (Å²) >= 11 is 0. The standard InChI is InChI=1S/C17H27NO3S/c1-6-21-16-8-14(4)15(5)9-17(16)22(19,20)18-10-12(2)7-13(3)11-18/h8-9,12-13H,6-7,10-11H2,1-5H3/t12-,13-/m1/s1. The lowest BCUT2D eigenvalue weighted by Crippen LogP contribution is -2.42. The molecular formula is C17H27NO3S. The second-order valence-electron chi connectivity index (χ2n) is 6.58. The first kappa shape index (κ1) is 17.3. The molecule has 0 saturated carbocycles. The lowest BCUT2D eigenvalue weighted by molar-refractivity contribution is 0.222. The highest BCUT2D eigenvalue weighted by atomic mass is 32.2. The van der Waals surface area contributed by atoms with Crippen molar-refractivity contribution >= 4 is 10.0 Å². The summed E-state index contributed by atoms with van der Waals surface area (Å²) in [6.45, 7) is 11.6. The fourth-order valence-electron chi connectivity index (χ4n) is 3.17. The summed E-state index contributed by atoms with van der Waals surface area (Å²) in [6.07, 6.45) is 1.08. The molecule has 0 aliphatic carbocycles. The predicted octanol–water partition coefficient (Wildman–Crippen LogP) is 3.37. The van der Waals surface area contributed by atoms with Crippen LogP contribution < -0.4 is 4.74 Å². The third-order valence-electron chi connectivity index (χ3n) is 4.31. The van der Waals surface area contributed by atoms with E-state index in [9.17, 15) is 8.42 Å². The van der Waals surface area contributed by atoms with Crippen LogP contribution in [0.4, 0.5) is 0 Å². The normalized spacial score (nSPS) is 23.5. The minimum atomic E-state index is -3.51. The van der Waals surface area contributed by atoms with Crippen LogP contribution in [-0.4, -0.2) is 32.4 Å². The van der Waals surface area contributed by atoms with Gasteiger partial charge < -0.3 is 4.74 Å². The molecule has 0 N–H and O–H groups in total. The number of benzene rings is 1. The van der Waals surface area contributed by atoms with Gasteiger partial charge >= 0.3 is 0 Å². The number of ether oxygens (including phenoxy) is 1. The van der Waals surface area contributed by atoms with Gasteiger partial charge in [-0.1, -0.05) is 13.8 Å². The smallest absolute Gasteiger partial charge is 0.246 e. The van der Waals surface area contributed by atoms with E-state index < -0.39 is 10.0 Å². The zero-order valence-corrected chi connectivity index (χ0v) is 15.0. The van der Waals surface area contributed by atoms with E-state index in [1.807, 2.05) is 26.8 Å². The number of nitrogens with zero attached hydrogens (tertiary/aromatic N) is 1. The van der Waals surface area contributed by atoms with Gasteiger partial charge in [0.05, 0.1) is 6.61 Å². The van der Waals surface area contributed by atoms with Crippen molar-refractivity contribution in [3.8, 4) is 5.75 Å². The molecule has 1 aliphatic heterocycles. The van der Waals surface area contributed by atoms with E-state index in [0.29, 0.717) is 42.2 Å². The van der Waals surface area contributed by atoms with Crippen LogP contribution in [-0.2, 0) is 10.0 Å². The molecule has 1 saturated heterocycles. The van der Waals surface area contributed by atoms with Crippen molar-refractivity contribution in [1.29, 1.82) is 0 Å². The Morgan fingerprint density at radius 2 is 1.68 bits per heavy atom. The van der Waals surface area contributed by atoms with Gasteiger partial charge in [0, 0.05) is 13.1 Å². The molecule has 4 nitrogen and oxygen atoms in total. The maximum atomic E-state index is 13.1. The quantitative estimate of drug-likeness (QED) is 0.852. The fourth-order valence-corrected chi connectivity index (χ4v) is 5.05. The maximum Gasteiger partial charge on any atom is 0.246 e. The Labute approximate surface area is 134 Å². The highest BCUT2D eigenvalue weighted by Crippen LogP contribution is 2.33. The van der Waals surface area contributed by atoms with E-state index in [4.69, 9.17) is 4.74 Å². The van der Waals surface area contributed by atoms with Crippen molar-refractivity contribution in [1.82, 2.24) is 4.31 Å². The van der Waals surface area contributed by atoms with Gasteiger partial charge in [0.1, 0.15) is 10.6 Å². The Balaban J connectivity index is 2.46. The number of rotatable bonds is 4. The molecule has 0 amide bonds. The van der Waals surface area contributed by atoms with Gasteiger partial charge in [-0.2, -0.15) is 4.31 Å². The molecule has 0 unspecified atom stereocenters. The monoisotopic (exact) mass is 325 g/mol. The van der Waals surface area contributed by atoms with E-state index in [-0.39, 0.29) is 0 Å². The fraction of sp³-hybridized carbons (Fsp3) is 0.647. The molecule has 1 heterocycles. The second-order valence-corrected chi connectivity index (χ2v) is 8.49. The number of hydrogen-bond donors (Lipinski definition) is 0. The highest BCUT2D eigenvalue weighted by Gasteiger charge is 2.33. The number of aryl methyl sites for hydroxylation is 2. The Morgan fingerprint density at radius 1 is 1.14 bits per heavy atom. The summed E-state index contributed by atoms with van der Waals surface area (Å²) in [4.78, 5) is 0.304. The van der Waals surface area contributed by atoms with Gasteiger partial charge in [-0.25, -0.2) is 8.42 Å². The first-order valence-corrected chi connectivity index (χ1v) is 9.43. The van der Waals surface area contributed by atoms with Gasteiger partial charge in [0.15, 0.2) is 0 Å². The minimum absolute atomic E-state index is 0.304. The predicted molar refractivity (Wildman–Crippen MR) is 88.8 cm³/mol. The summed E-state index contributed by atoms with van der Waals surface area (Å²) in [5, 5.41) is 0. The third-order valence-corrected chi connectivity index (χ3v) is 6.17. The molecule has 5 heteroatoms. The largest absolute Gasteiger partial charge is 0.492 e. The second kappa shape index (κ2) is 6.59. The van der Waals surface area contributed by atoms with Crippen LogP contribution in [0.3, 0.4) is 0 Å². The van der Waals surface area contributed by atoms with Gasteiger partial charge in [-0.05, 0) is 62.3 Å². The molecule has 0 bridgehead atoms. The van der Waals surface area contributed by atoms with Crippen LogP contribution in [0.2, 0.25) is 0 Å². The van der Waals surface area contributed by atoms with Crippen LogP contribution in [0.5, 0.6) is 5.75 Å². The molecule has 0 radical (unpaired) electrons. The maximum absolute atomic E-state index is 13.1. The molecule has 1 aliphatic rings. The van der Waals surface area contributed by atoms with Crippen LogP contribution in [0.15, 0.2) is 17.0 Å². The molecule has 0 aromatic heterocycles. The number of sulfonamides is 1. The van der Waals surface area contributed by atoms with Crippen molar-refractivity contribution < 1.29 is 13.2 Å². The van der Waals surface area contributed by atoms with E-state index in [0.717, 1.165) is 17.5 Å². The summed E-state index contributed by atoms with van der Waals surface area (Å²) in [5.41, 5.74) is 2.02. The van der Waals surface area contributed by atoms with E-state index >= 15 is 0 Å². The van der Waals surface area contributed by atoms with Crippen molar-refractivity contribution in [2.24, 2.45) is 11.8 Å². The van der Waals surface area contributed by atoms with Gasteiger partial charge in [0.2, 0.25) is 10.0 Å². The molecule has 2 atom stereocenters. The van der Waals surface area contributed by atoms with E-state index in [1.54, 1.807) is 10.4 Å². The number of piperidine rings is 1. The van der Waals surface area contributed by atoms with Crippen molar-refractivity contribution in [2.75, 3.05) is 19.7 Å². The average Bonchev–Trinajstić information content (AvgIpc) is 2.41. The molecule has 22 heavy (non-hydrogen) atoms. The van der Waals surface area contributed by atoms with Crippen LogP contribution >= 0.6 is 0 Å². The molecule has 1 aromatic rings. The first-order valence-electron chi connectivity index (χ1n) is 7.99. The molecule has 124 valence electrons. The Bertz CT molecular complexity index is 630. The summed E-state index contributed by atoms with van der Waals surface area (Å²) in [7, 11) is -3.51. The molecule has 1 aromatic carbocycles. The van der Waals surface area contributed by atoms with Gasteiger partial charge in [0.25, 0.3) is 0 Å². The Hall–Kier alpha value is -1.07. The summed E-state index contributed by atoms with van der Waals surface area (Å²) in [6, 6.07) is 3.59. The van der Waals surface area contributed by atoms with E-state index in [1.165, 1.54) is 0 Å². The average molecular weight is 325 g/mol. The lowest BCUT2D eigenvalue weighted by Gasteiger charge is -2.34. The van der Waals surface area contributed by atoms with Gasteiger partial charge in [-0.15, -0.1) is 0 Å². The molecule has 1 fully saturated rings. The SMILES string of the molecule is CCOc1cc(C)c(C)cc1S(=O)(=O)N1C[C@H](C)C[C@@H](C)C1. The Kier molecular flexibility index (Phi) is 5.17. The van der Waals surface area contributed by atoms with Crippen LogP contribution in [0.1, 0.15) is 38.3 Å². The third kappa shape index (κ3) is 3.46. The molecule has 2 rings (SSSR count). The highest BCUT2D eigenvalue weighted by molar-refractivity contribution is 7.89. The molecule has 0 spiro atoms. The van der Waals surface area contributed by atoms with Crippen molar-refractivity contribution in [3.05, 3.63) is 23.3 Å². The summed E-state index contributed by atoms with van der Waals surface area (Å²) in [5.74, 6) is 1.25. The topological polar surface area (TPSA) is 46.6 Å². The summed E-state index contributed by atoms with van der Waals surface area (Å²) < 4.78 is 33.4. The van der Waals surface area contributed by atoms with Crippen molar-refractivity contribution in [3.63, 3.8) is 0 Å². The zero-order chi connectivity index (χ0) is 16.5. The Morgan fingerprint density at radius 3 is 2.23 bits per heavy atom. The van der Waals surface area contributed by atoms with Crippen molar-refractivity contribution in [2.45, 2.75) is 45.9 Å². The zero-order valence-electron chi connectivity index (χ0n) is 14.2. The number of hydrogen-bond acceptors (Lipinski definition) is 3. The van der Waals surface area contributed by atoms with Crippen LogP contribution in [0.25, 0.3) is 0 Å². The first-order chi connectivity index (χ1) is 10.3.